The summed E-state index contributed by atoms with van der Waals surface area (Å²) in [5.41, 5.74) is 9.30. The van der Waals surface area contributed by atoms with E-state index in [1.54, 1.807) is 30.9 Å². The van der Waals surface area contributed by atoms with E-state index in [2.05, 4.69) is 10.4 Å². The topological polar surface area (TPSA) is 72.9 Å². The van der Waals surface area contributed by atoms with Gasteiger partial charge in [-0.3, -0.25) is 9.48 Å². The maximum absolute atomic E-state index is 12.1. The normalized spacial score (nSPS) is 10.4. The summed E-state index contributed by atoms with van der Waals surface area (Å²) in [6.07, 6.45) is 1.69. The molecule has 0 aliphatic carbocycles. The minimum Gasteiger partial charge on any atom is -0.397 e. The number of nitrogen functional groups attached to an aromatic ring is 1. The molecule has 0 bridgehead atoms. The number of carbonyl (C=O) groups is 1. The van der Waals surface area contributed by atoms with Crippen molar-refractivity contribution < 1.29 is 4.79 Å². The van der Waals surface area contributed by atoms with Gasteiger partial charge < -0.3 is 11.1 Å². The van der Waals surface area contributed by atoms with Gasteiger partial charge in [0.25, 0.3) is 5.91 Å². The molecule has 5 heteroatoms. The van der Waals surface area contributed by atoms with E-state index < -0.39 is 0 Å². The molecule has 0 saturated carbocycles. The van der Waals surface area contributed by atoms with E-state index in [0.29, 0.717) is 22.6 Å². The summed E-state index contributed by atoms with van der Waals surface area (Å²) in [5, 5.41) is 6.94. The average molecular weight is 244 g/mol. The second-order valence-electron chi connectivity index (χ2n) is 4.35. The van der Waals surface area contributed by atoms with E-state index in [-0.39, 0.29) is 5.91 Å². The highest BCUT2D eigenvalue weighted by molar-refractivity contribution is 6.06. The molecular weight excluding hydrogens is 228 g/mol. The first-order chi connectivity index (χ1) is 8.47. The first-order valence-electron chi connectivity index (χ1n) is 5.65. The van der Waals surface area contributed by atoms with Crippen LogP contribution in [0.5, 0.6) is 0 Å². The average Bonchev–Trinajstić information content (AvgIpc) is 2.63. The molecule has 0 aliphatic heterocycles. The summed E-state index contributed by atoms with van der Waals surface area (Å²) in [5.74, 6) is -0.196. The van der Waals surface area contributed by atoms with Gasteiger partial charge in [0, 0.05) is 13.2 Å². The van der Waals surface area contributed by atoms with E-state index in [1.807, 2.05) is 19.1 Å². The van der Waals surface area contributed by atoms with Crippen LogP contribution < -0.4 is 11.1 Å². The molecule has 18 heavy (non-hydrogen) atoms. The lowest BCUT2D eigenvalue weighted by molar-refractivity contribution is 0.102. The van der Waals surface area contributed by atoms with Crippen LogP contribution in [0.2, 0.25) is 0 Å². The Morgan fingerprint density at radius 3 is 2.72 bits per heavy atom. The highest BCUT2D eigenvalue weighted by Crippen LogP contribution is 2.20. The van der Waals surface area contributed by atoms with Crippen LogP contribution >= 0.6 is 0 Å². The number of hydrogen-bond acceptors (Lipinski definition) is 3. The molecule has 0 radical (unpaired) electrons. The van der Waals surface area contributed by atoms with E-state index >= 15 is 0 Å². The van der Waals surface area contributed by atoms with Crippen LogP contribution in [0.15, 0.2) is 24.4 Å². The van der Waals surface area contributed by atoms with E-state index in [4.69, 9.17) is 5.73 Å². The molecule has 5 nitrogen and oxygen atoms in total. The van der Waals surface area contributed by atoms with Crippen molar-refractivity contribution in [2.45, 2.75) is 13.8 Å². The Morgan fingerprint density at radius 1 is 1.39 bits per heavy atom. The zero-order valence-electron chi connectivity index (χ0n) is 10.7. The van der Waals surface area contributed by atoms with Crippen molar-refractivity contribution in [2.75, 3.05) is 11.1 Å². The molecular formula is C13H16N4O. The van der Waals surface area contributed by atoms with Crippen LogP contribution in [0.25, 0.3) is 0 Å². The van der Waals surface area contributed by atoms with Gasteiger partial charge in [0.05, 0.1) is 22.6 Å². The van der Waals surface area contributed by atoms with Crippen molar-refractivity contribution in [3.8, 4) is 0 Å². The molecule has 94 valence electrons. The minimum absolute atomic E-state index is 0.196. The third-order valence-corrected chi connectivity index (χ3v) is 2.72. The Kier molecular flexibility index (Phi) is 3.06. The number of nitrogens with one attached hydrogen (secondary N) is 1. The first-order valence-corrected chi connectivity index (χ1v) is 5.65. The standard InChI is InChI=1S/C13H16N4O/c1-8-4-5-11(14)12(6-8)15-13(18)10-7-17(3)16-9(10)2/h4-7H,14H2,1-3H3,(H,15,18). The maximum atomic E-state index is 12.1. The molecule has 0 atom stereocenters. The fraction of sp³-hybridized carbons (Fsp3) is 0.231. The predicted octanol–water partition coefficient (Wildman–Crippen LogP) is 1.87. The lowest BCUT2D eigenvalue weighted by Crippen LogP contribution is -2.13. The fourth-order valence-corrected chi connectivity index (χ4v) is 1.79. The molecule has 0 unspecified atom stereocenters. The van der Waals surface area contributed by atoms with Crippen LogP contribution in [0, 0.1) is 13.8 Å². The fourth-order valence-electron chi connectivity index (χ4n) is 1.79. The lowest BCUT2D eigenvalue weighted by atomic mass is 10.2. The van der Waals surface area contributed by atoms with Gasteiger partial charge in [0.1, 0.15) is 0 Å². The molecule has 1 aromatic carbocycles. The van der Waals surface area contributed by atoms with Crippen LogP contribution in [0.4, 0.5) is 11.4 Å². The molecule has 2 rings (SSSR count). The third kappa shape index (κ3) is 2.34. The number of benzene rings is 1. The Hall–Kier alpha value is -2.30. The summed E-state index contributed by atoms with van der Waals surface area (Å²) in [4.78, 5) is 12.1. The summed E-state index contributed by atoms with van der Waals surface area (Å²) in [7, 11) is 1.78. The number of anilines is 2. The van der Waals surface area contributed by atoms with E-state index in [9.17, 15) is 4.79 Å². The number of nitrogens with two attached hydrogens (primary N) is 1. The highest BCUT2D eigenvalue weighted by Gasteiger charge is 2.13. The number of rotatable bonds is 2. The first kappa shape index (κ1) is 12.2. The lowest BCUT2D eigenvalue weighted by Gasteiger charge is -2.08. The number of amides is 1. The molecule has 3 N–H and O–H groups in total. The van der Waals surface area contributed by atoms with Gasteiger partial charge >= 0.3 is 0 Å². The van der Waals surface area contributed by atoms with Crippen LogP contribution in [0.1, 0.15) is 21.6 Å². The van der Waals surface area contributed by atoms with Gasteiger partial charge in [-0.25, -0.2) is 0 Å². The molecule has 2 aromatic rings. The van der Waals surface area contributed by atoms with Gasteiger partial charge in [-0.15, -0.1) is 0 Å². The molecule has 0 fully saturated rings. The number of aryl methyl sites for hydroxylation is 3. The van der Waals surface area contributed by atoms with Crippen molar-refractivity contribution in [1.82, 2.24) is 9.78 Å². The molecule has 1 amide bonds. The SMILES string of the molecule is Cc1ccc(N)c(NC(=O)c2cn(C)nc2C)c1. The summed E-state index contributed by atoms with van der Waals surface area (Å²) >= 11 is 0. The summed E-state index contributed by atoms with van der Waals surface area (Å²) in [6, 6.07) is 5.53. The van der Waals surface area contributed by atoms with Gasteiger partial charge in [-0.2, -0.15) is 5.10 Å². The van der Waals surface area contributed by atoms with Crippen LogP contribution in [0.3, 0.4) is 0 Å². The Bertz CT molecular complexity index is 601. The molecule has 0 saturated heterocycles. The monoisotopic (exact) mass is 244 g/mol. The van der Waals surface area contributed by atoms with Gasteiger partial charge in [0.15, 0.2) is 0 Å². The van der Waals surface area contributed by atoms with Gasteiger partial charge in [-0.1, -0.05) is 6.07 Å². The van der Waals surface area contributed by atoms with Crippen molar-refractivity contribution in [3.05, 3.63) is 41.2 Å². The number of carbonyl (C=O) groups excluding carboxylic acids is 1. The number of hydrogen-bond donors (Lipinski definition) is 2. The number of nitrogens with zero attached hydrogens (tertiary/aromatic N) is 2. The Labute approximate surface area is 106 Å². The van der Waals surface area contributed by atoms with Gasteiger partial charge in [0.2, 0.25) is 0 Å². The smallest absolute Gasteiger partial charge is 0.259 e. The quantitative estimate of drug-likeness (QED) is 0.792. The van der Waals surface area contributed by atoms with Crippen molar-refractivity contribution in [3.63, 3.8) is 0 Å². The summed E-state index contributed by atoms with van der Waals surface area (Å²) < 4.78 is 1.61. The molecule has 0 spiro atoms. The second kappa shape index (κ2) is 4.52. The van der Waals surface area contributed by atoms with Crippen molar-refractivity contribution >= 4 is 17.3 Å². The molecule has 1 aromatic heterocycles. The Morgan fingerprint density at radius 2 is 2.11 bits per heavy atom. The Balaban J connectivity index is 2.26. The van der Waals surface area contributed by atoms with Gasteiger partial charge in [-0.05, 0) is 31.5 Å². The second-order valence-corrected chi connectivity index (χ2v) is 4.35. The minimum atomic E-state index is -0.196. The maximum Gasteiger partial charge on any atom is 0.259 e. The van der Waals surface area contributed by atoms with E-state index in [1.165, 1.54) is 0 Å². The number of aromatic nitrogens is 2. The predicted molar refractivity (Wildman–Crippen MR) is 71.5 cm³/mol. The summed E-state index contributed by atoms with van der Waals surface area (Å²) in [6.45, 7) is 3.75. The van der Waals surface area contributed by atoms with Crippen LogP contribution in [-0.4, -0.2) is 15.7 Å². The largest absolute Gasteiger partial charge is 0.397 e. The van der Waals surface area contributed by atoms with Crippen LogP contribution in [-0.2, 0) is 7.05 Å². The van der Waals surface area contributed by atoms with Crippen molar-refractivity contribution in [2.24, 2.45) is 7.05 Å². The molecule has 1 heterocycles. The zero-order valence-corrected chi connectivity index (χ0v) is 10.7. The third-order valence-electron chi connectivity index (χ3n) is 2.72. The zero-order chi connectivity index (χ0) is 13.3. The molecule has 0 aliphatic rings. The highest BCUT2D eigenvalue weighted by atomic mass is 16.1. The van der Waals surface area contributed by atoms with E-state index in [0.717, 1.165) is 5.56 Å². The van der Waals surface area contributed by atoms with Crippen molar-refractivity contribution in [1.29, 1.82) is 0 Å².